The van der Waals surface area contributed by atoms with Crippen LogP contribution in [0.5, 0.6) is 0 Å². The van der Waals surface area contributed by atoms with E-state index in [0.717, 1.165) is 6.07 Å². The summed E-state index contributed by atoms with van der Waals surface area (Å²) in [7, 11) is 0. The molecule has 1 fully saturated rings. The van der Waals surface area contributed by atoms with Crippen LogP contribution >= 0.6 is 0 Å². The van der Waals surface area contributed by atoms with Gasteiger partial charge in [-0.1, -0.05) is 0 Å². The fourth-order valence-corrected chi connectivity index (χ4v) is 1.68. The minimum Gasteiger partial charge on any atom is -0.395 e. The van der Waals surface area contributed by atoms with Crippen LogP contribution in [0.25, 0.3) is 0 Å². The van der Waals surface area contributed by atoms with Crippen LogP contribution in [-0.4, -0.2) is 26.3 Å². The van der Waals surface area contributed by atoms with Crippen LogP contribution in [-0.2, 0) is 4.74 Å². The minimum atomic E-state index is -0.694. The lowest BCUT2D eigenvalue weighted by Crippen LogP contribution is -2.37. The largest absolute Gasteiger partial charge is 0.395 e. The Bertz CT molecular complexity index is 406. The van der Waals surface area contributed by atoms with E-state index in [0.29, 0.717) is 26.3 Å². The van der Waals surface area contributed by atoms with Crippen molar-refractivity contribution in [2.24, 2.45) is 0 Å². The van der Waals surface area contributed by atoms with Crippen LogP contribution < -0.4 is 16.4 Å². The van der Waals surface area contributed by atoms with Gasteiger partial charge in [-0.25, -0.2) is 8.78 Å². The third kappa shape index (κ3) is 1.76. The second kappa shape index (κ2) is 4.13. The van der Waals surface area contributed by atoms with Gasteiger partial charge in [-0.2, -0.15) is 0 Å². The van der Waals surface area contributed by atoms with Gasteiger partial charge in [-0.15, -0.1) is 0 Å². The summed E-state index contributed by atoms with van der Waals surface area (Å²) in [4.78, 5) is 1.69. The third-order valence-corrected chi connectivity index (χ3v) is 2.62. The maximum atomic E-state index is 13.8. The summed E-state index contributed by atoms with van der Waals surface area (Å²) in [5, 5.41) is 0. The summed E-state index contributed by atoms with van der Waals surface area (Å²) in [6.45, 7) is 2.01. The van der Waals surface area contributed by atoms with E-state index in [1.807, 2.05) is 0 Å². The Labute approximate surface area is 91.8 Å². The first-order chi connectivity index (χ1) is 7.61. The molecule has 0 aromatic heterocycles. The summed E-state index contributed by atoms with van der Waals surface area (Å²) in [5.41, 5.74) is 10.2. The van der Waals surface area contributed by atoms with Crippen molar-refractivity contribution in [1.29, 1.82) is 0 Å². The molecule has 88 valence electrons. The van der Waals surface area contributed by atoms with Crippen LogP contribution in [0.1, 0.15) is 0 Å². The molecule has 2 rings (SSSR count). The van der Waals surface area contributed by atoms with E-state index < -0.39 is 11.6 Å². The molecular formula is C10H13F2N3O. The van der Waals surface area contributed by atoms with Crippen molar-refractivity contribution in [3.8, 4) is 0 Å². The molecule has 1 aromatic rings. The molecule has 16 heavy (non-hydrogen) atoms. The van der Waals surface area contributed by atoms with Gasteiger partial charge in [0.2, 0.25) is 0 Å². The Kier molecular flexibility index (Phi) is 2.82. The number of nitrogen functional groups attached to an aromatic ring is 2. The highest BCUT2D eigenvalue weighted by atomic mass is 19.1. The number of halogens is 2. The molecule has 0 amide bonds. The lowest BCUT2D eigenvalue weighted by molar-refractivity contribution is 0.122. The van der Waals surface area contributed by atoms with E-state index in [9.17, 15) is 8.78 Å². The number of morpholine rings is 1. The van der Waals surface area contributed by atoms with Crippen LogP contribution in [0.4, 0.5) is 25.8 Å². The molecule has 0 unspecified atom stereocenters. The summed E-state index contributed by atoms with van der Waals surface area (Å²) in [5.74, 6) is -1.36. The van der Waals surface area contributed by atoms with Gasteiger partial charge in [0.15, 0.2) is 5.82 Å². The van der Waals surface area contributed by atoms with Crippen molar-refractivity contribution in [3.63, 3.8) is 0 Å². The lowest BCUT2D eigenvalue weighted by Gasteiger charge is -2.29. The zero-order chi connectivity index (χ0) is 11.7. The van der Waals surface area contributed by atoms with Gasteiger partial charge in [-0.3, -0.25) is 0 Å². The number of hydrogen-bond donors (Lipinski definition) is 2. The zero-order valence-electron chi connectivity index (χ0n) is 8.67. The van der Waals surface area contributed by atoms with E-state index >= 15 is 0 Å². The molecule has 1 aromatic carbocycles. The summed E-state index contributed by atoms with van der Waals surface area (Å²) < 4.78 is 32.2. The molecule has 4 N–H and O–H groups in total. The number of hydrogen-bond acceptors (Lipinski definition) is 4. The molecule has 1 aliphatic heterocycles. The number of rotatable bonds is 1. The number of benzene rings is 1. The summed E-state index contributed by atoms with van der Waals surface area (Å²) in [6.07, 6.45) is 0. The topological polar surface area (TPSA) is 64.5 Å². The number of nitrogens with two attached hydrogens (primary N) is 2. The Balaban J connectivity index is 2.40. The molecule has 0 atom stereocenters. The predicted molar refractivity (Wildman–Crippen MR) is 58.2 cm³/mol. The Morgan fingerprint density at radius 3 is 2.38 bits per heavy atom. The van der Waals surface area contributed by atoms with Crippen LogP contribution in [0.15, 0.2) is 6.07 Å². The summed E-state index contributed by atoms with van der Waals surface area (Å²) in [6, 6.07) is 1.08. The Morgan fingerprint density at radius 2 is 1.75 bits per heavy atom. The third-order valence-electron chi connectivity index (χ3n) is 2.62. The second-order valence-corrected chi connectivity index (χ2v) is 3.62. The molecule has 0 radical (unpaired) electrons. The number of anilines is 3. The van der Waals surface area contributed by atoms with E-state index in [2.05, 4.69) is 0 Å². The summed E-state index contributed by atoms with van der Waals surface area (Å²) >= 11 is 0. The van der Waals surface area contributed by atoms with Crippen molar-refractivity contribution >= 4 is 17.1 Å². The quantitative estimate of drug-likeness (QED) is 0.704. The molecule has 0 aliphatic carbocycles. The normalized spacial score (nSPS) is 16.5. The average molecular weight is 229 g/mol. The van der Waals surface area contributed by atoms with Crippen LogP contribution in [0, 0.1) is 11.6 Å². The van der Waals surface area contributed by atoms with Gasteiger partial charge in [0.25, 0.3) is 0 Å². The highest BCUT2D eigenvalue weighted by molar-refractivity contribution is 5.72. The van der Waals surface area contributed by atoms with Crippen molar-refractivity contribution in [1.82, 2.24) is 0 Å². The molecule has 0 saturated carbocycles. The van der Waals surface area contributed by atoms with E-state index in [4.69, 9.17) is 16.2 Å². The second-order valence-electron chi connectivity index (χ2n) is 3.62. The minimum absolute atomic E-state index is 0.146. The van der Waals surface area contributed by atoms with Gasteiger partial charge in [0, 0.05) is 19.2 Å². The Hall–Kier alpha value is -1.56. The zero-order valence-corrected chi connectivity index (χ0v) is 8.67. The molecule has 4 nitrogen and oxygen atoms in total. The van der Waals surface area contributed by atoms with Crippen molar-refractivity contribution in [2.75, 3.05) is 42.7 Å². The molecule has 0 spiro atoms. The SMILES string of the molecule is Nc1c(F)cc(N2CCOCC2)c(F)c1N. The molecular weight excluding hydrogens is 216 g/mol. The highest BCUT2D eigenvalue weighted by Gasteiger charge is 2.20. The molecule has 1 saturated heterocycles. The van der Waals surface area contributed by atoms with Crippen molar-refractivity contribution < 1.29 is 13.5 Å². The van der Waals surface area contributed by atoms with Crippen molar-refractivity contribution in [3.05, 3.63) is 17.7 Å². The Morgan fingerprint density at radius 1 is 1.12 bits per heavy atom. The molecule has 1 aliphatic rings. The van der Waals surface area contributed by atoms with E-state index in [-0.39, 0.29) is 17.1 Å². The van der Waals surface area contributed by atoms with E-state index in [1.54, 1.807) is 4.90 Å². The monoisotopic (exact) mass is 229 g/mol. The van der Waals surface area contributed by atoms with Crippen LogP contribution in [0.3, 0.4) is 0 Å². The van der Waals surface area contributed by atoms with Crippen molar-refractivity contribution in [2.45, 2.75) is 0 Å². The standard InChI is InChI=1S/C10H13F2N3O/c11-6-5-7(8(12)10(14)9(6)13)15-1-3-16-4-2-15/h5H,1-4,13-14H2. The van der Waals surface area contributed by atoms with Gasteiger partial charge in [0.1, 0.15) is 5.82 Å². The first kappa shape index (κ1) is 10.9. The fraction of sp³-hybridized carbons (Fsp3) is 0.400. The van der Waals surface area contributed by atoms with Gasteiger partial charge < -0.3 is 21.1 Å². The molecule has 1 heterocycles. The maximum absolute atomic E-state index is 13.8. The smallest absolute Gasteiger partial charge is 0.171 e. The number of nitrogens with zero attached hydrogens (tertiary/aromatic N) is 1. The average Bonchev–Trinajstić information content (AvgIpc) is 2.32. The van der Waals surface area contributed by atoms with Gasteiger partial charge >= 0.3 is 0 Å². The number of ether oxygens (including phenoxy) is 1. The van der Waals surface area contributed by atoms with Crippen LogP contribution in [0.2, 0.25) is 0 Å². The van der Waals surface area contributed by atoms with Gasteiger partial charge in [-0.05, 0) is 0 Å². The first-order valence-corrected chi connectivity index (χ1v) is 4.97. The first-order valence-electron chi connectivity index (χ1n) is 4.97. The van der Waals surface area contributed by atoms with Gasteiger partial charge in [0.05, 0.1) is 30.3 Å². The predicted octanol–water partition coefficient (Wildman–Crippen LogP) is 0.966. The molecule has 6 heteroatoms. The molecule has 0 bridgehead atoms. The highest BCUT2D eigenvalue weighted by Crippen LogP contribution is 2.31. The fourth-order valence-electron chi connectivity index (χ4n) is 1.68. The lowest BCUT2D eigenvalue weighted by atomic mass is 10.2. The maximum Gasteiger partial charge on any atom is 0.171 e. The van der Waals surface area contributed by atoms with E-state index in [1.165, 1.54) is 0 Å².